The molecule has 1 nitrogen and oxygen atoms in total. The van der Waals surface area contributed by atoms with E-state index >= 15 is 0 Å². The molecule has 0 atom stereocenters. The summed E-state index contributed by atoms with van der Waals surface area (Å²) in [7, 11) is 0. The molecule has 0 aliphatic heterocycles. The Morgan fingerprint density at radius 3 is 1.21 bits per heavy atom. The van der Waals surface area contributed by atoms with Gasteiger partial charge in [0.05, 0.1) is 0 Å². The number of benzene rings is 10. The van der Waals surface area contributed by atoms with Gasteiger partial charge in [0.2, 0.25) is 0 Å². The van der Waals surface area contributed by atoms with Crippen molar-refractivity contribution in [2.75, 3.05) is 0 Å². The highest BCUT2D eigenvalue weighted by molar-refractivity contribution is 6.28. The molecule has 0 unspecified atom stereocenters. The minimum absolute atomic E-state index is 1.09. The summed E-state index contributed by atoms with van der Waals surface area (Å²) in [5.41, 5.74) is 17.3. The molecule has 0 amide bonds. The molecule has 1 aliphatic carbocycles. The highest BCUT2D eigenvalue weighted by atomic mass is 14.6. The van der Waals surface area contributed by atoms with Crippen LogP contribution in [0, 0.1) is 0 Å². The summed E-state index contributed by atoms with van der Waals surface area (Å²) in [6.07, 6.45) is 4.06. The first-order valence-corrected chi connectivity index (χ1v) is 20.0. The van der Waals surface area contributed by atoms with Crippen molar-refractivity contribution in [1.29, 1.82) is 0 Å². The molecule has 58 heavy (non-hydrogen) atoms. The molecule has 0 saturated carbocycles. The Kier molecular flexibility index (Phi) is 7.30. The van der Waals surface area contributed by atoms with E-state index in [0.29, 0.717) is 0 Å². The SMILES string of the molecule is c1ccc(-c2c3c(c(-c4ccccc4)c4cc(-c5cncc(-c6c7ccccc7c(-c7ccccc7)c7ccccc67)c5)ccc24)-c2cccc4cccc-3c24)cc1. The monoisotopic (exact) mass is 733 g/mol. The van der Waals surface area contributed by atoms with E-state index in [1.807, 2.05) is 12.4 Å². The van der Waals surface area contributed by atoms with E-state index in [0.717, 1.165) is 16.7 Å². The Labute approximate surface area is 337 Å². The molecule has 0 fully saturated rings. The number of fused-ring (bicyclic) bond motifs is 6. The van der Waals surface area contributed by atoms with Gasteiger partial charge in [-0.05, 0) is 122 Å². The predicted molar refractivity (Wildman–Crippen MR) is 246 cm³/mol. The van der Waals surface area contributed by atoms with Crippen LogP contribution in [0.15, 0.2) is 213 Å². The maximum Gasteiger partial charge on any atom is 0.0347 e. The van der Waals surface area contributed by atoms with Gasteiger partial charge >= 0.3 is 0 Å². The van der Waals surface area contributed by atoms with Crippen LogP contribution < -0.4 is 0 Å². The number of nitrogens with zero attached hydrogens (tertiary/aromatic N) is 1. The maximum absolute atomic E-state index is 4.97. The van der Waals surface area contributed by atoms with Gasteiger partial charge in [0, 0.05) is 23.5 Å². The van der Waals surface area contributed by atoms with Crippen molar-refractivity contribution in [3.63, 3.8) is 0 Å². The lowest BCUT2D eigenvalue weighted by Gasteiger charge is -2.21. The third-order valence-electron chi connectivity index (χ3n) is 12.2. The van der Waals surface area contributed by atoms with Crippen LogP contribution in [0.25, 0.3) is 121 Å². The fourth-order valence-corrected chi connectivity index (χ4v) is 9.86. The fraction of sp³-hybridized carbons (Fsp3) is 0. The van der Waals surface area contributed by atoms with Gasteiger partial charge in [-0.1, -0.05) is 188 Å². The second kappa shape index (κ2) is 13.0. The van der Waals surface area contributed by atoms with Crippen molar-refractivity contribution in [2.45, 2.75) is 0 Å². The third-order valence-corrected chi connectivity index (χ3v) is 12.2. The molecule has 0 radical (unpaired) electrons. The zero-order valence-corrected chi connectivity index (χ0v) is 31.7. The highest BCUT2D eigenvalue weighted by Crippen LogP contribution is 2.58. The molecule has 268 valence electrons. The van der Waals surface area contributed by atoms with Gasteiger partial charge in [-0.2, -0.15) is 0 Å². The third kappa shape index (κ3) is 4.87. The van der Waals surface area contributed by atoms with Gasteiger partial charge < -0.3 is 0 Å². The average molecular weight is 734 g/mol. The topological polar surface area (TPSA) is 12.9 Å². The quantitative estimate of drug-likeness (QED) is 0.161. The summed E-state index contributed by atoms with van der Waals surface area (Å²) >= 11 is 0. The van der Waals surface area contributed by atoms with Crippen molar-refractivity contribution in [1.82, 2.24) is 4.98 Å². The number of aromatic nitrogens is 1. The minimum Gasteiger partial charge on any atom is -0.263 e. The molecule has 10 aromatic carbocycles. The largest absolute Gasteiger partial charge is 0.263 e. The van der Waals surface area contributed by atoms with Gasteiger partial charge in [0.1, 0.15) is 0 Å². The van der Waals surface area contributed by atoms with Crippen LogP contribution in [-0.2, 0) is 0 Å². The number of hydrogen-bond acceptors (Lipinski definition) is 1. The van der Waals surface area contributed by atoms with Gasteiger partial charge in [-0.25, -0.2) is 0 Å². The first-order chi connectivity index (χ1) is 28.8. The first kappa shape index (κ1) is 32.6. The summed E-state index contributed by atoms with van der Waals surface area (Å²) in [5.74, 6) is 0. The lowest BCUT2D eigenvalue weighted by atomic mass is 9.81. The van der Waals surface area contributed by atoms with E-state index < -0.39 is 0 Å². The van der Waals surface area contributed by atoms with Crippen LogP contribution in [0.5, 0.6) is 0 Å². The van der Waals surface area contributed by atoms with Gasteiger partial charge in [-0.15, -0.1) is 0 Å². The summed E-state index contributed by atoms with van der Waals surface area (Å²) in [6, 6.07) is 73.4. The Bertz CT molecular complexity index is 3360. The number of rotatable bonds is 5. The van der Waals surface area contributed by atoms with Crippen molar-refractivity contribution in [3.05, 3.63) is 213 Å². The Hall–Kier alpha value is -7.61. The summed E-state index contributed by atoms with van der Waals surface area (Å²) < 4.78 is 0. The van der Waals surface area contributed by atoms with E-state index in [4.69, 9.17) is 4.98 Å². The maximum atomic E-state index is 4.97. The molecule has 0 bridgehead atoms. The molecule has 11 aromatic rings. The Morgan fingerprint density at radius 2 is 0.672 bits per heavy atom. The Balaban J connectivity index is 1.14. The molecule has 12 rings (SSSR count). The number of hydrogen-bond donors (Lipinski definition) is 0. The molecule has 1 aliphatic rings. The molecule has 1 aromatic heterocycles. The Morgan fingerprint density at radius 1 is 0.241 bits per heavy atom. The zero-order chi connectivity index (χ0) is 38.2. The van der Waals surface area contributed by atoms with Gasteiger partial charge in [-0.3, -0.25) is 4.98 Å². The van der Waals surface area contributed by atoms with Crippen molar-refractivity contribution in [3.8, 4) is 77.9 Å². The van der Waals surface area contributed by atoms with Crippen molar-refractivity contribution in [2.24, 2.45) is 0 Å². The van der Waals surface area contributed by atoms with E-state index in [-0.39, 0.29) is 0 Å². The number of pyridine rings is 1. The predicted octanol–water partition coefficient (Wildman–Crippen LogP) is 15.7. The second-order valence-corrected chi connectivity index (χ2v) is 15.4. The standard InChI is InChI=1S/C57H35N/c1-4-16-36(17-5-1)51-43-24-10-12-26-45(43)53(46-27-13-11-25-44(46)51)42-32-41(34-58-35-42)40-30-31-47-50(33-40)55(39-20-8-3-9-21-39)57-49-29-15-23-37-22-14-28-48(52(37)49)56(57)54(47)38-18-6-2-7-19-38/h1-35H. The second-order valence-electron chi connectivity index (χ2n) is 15.4. The fourth-order valence-electron chi connectivity index (χ4n) is 9.86. The molecule has 0 N–H and O–H groups in total. The lowest BCUT2D eigenvalue weighted by Crippen LogP contribution is -1.94. The zero-order valence-electron chi connectivity index (χ0n) is 31.7. The van der Waals surface area contributed by atoms with Gasteiger partial charge in [0.25, 0.3) is 0 Å². The molecular formula is C57H35N. The van der Waals surface area contributed by atoms with Crippen molar-refractivity contribution < 1.29 is 0 Å². The summed E-state index contributed by atoms with van der Waals surface area (Å²) in [4.78, 5) is 4.97. The van der Waals surface area contributed by atoms with E-state index in [1.54, 1.807) is 0 Å². The van der Waals surface area contributed by atoms with Crippen LogP contribution in [0.4, 0.5) is 0 Å². The van der Waals surface area contributed by atoms with E-state index in [9.17, 15) is 0 Å². The van der Waals surface area contributed by atoms with E-state index in [1.165, 1.54) is 104 Å². The van der Waals surface area contributed by atoms with Crippen LogP contribution in [0.1, 0.15) is 0 Å². The lowest BCUT2D eigenvalue weighted by molar-refractivity contribution is 1.33. The highest BCUT2D eigenvalue weighted by Gasteiger charge is 2.30. The smallest absolute Gasteiger partial charge is 0.0347 e. The molecular weight excluding hydrogens is 699 g/mol. The molecule has 0 saturated heterocycles. The molecule has 1 heterocycles. The molecule has 0 spiro atoms. The van der Waals surface area contributed by atoms with E-state index in [2.05, 4.69) is 200 Å². The van der Waals surface area contributed by atoms with Crippen molar-refractivity contribution >= 4 is 43.1 Å². The van der Waals surface area contributed by atoms with Crippen LogP contribution in [0.2, 0.25) is 0 Å². The first-order valence-electron chi connectivity index (χ1n) is 20.0. The normalized spacial score (nSPS) is 11.8. The van der Waals surface area contributed by atoms with Gasteiger partial charge in [0.15, 0.2) is 0 Å². The van der Waals surface area contributed by atoms with Crippen LogP contribution >= 0.6 is 0 Å². The van der Waals surface area contributed by atoms with Crippen LogP contribution in [-0.4, -0.2) is 4.98 Å². The molecule has 1 heteroatoms. The minimum atomic E-state index is 1.09. The average Bonchev–Trinajstić information content (AvgIpc) is 3.62. The summed E-state index contributed by atoms with van der Waals surface area (Å²) in [6.45, 7) is 0. The van der Waals surface area contributed by atoms with Crippen LogP contribution in [0.3, 0.4) is 0 Å². The summed E-state index contributed by atoms with van der Waals surface area (Å²) in [5, 5.41) is 10.0.